The largest absolute Gasteiger partial charge is 0.491 e. The topological polar surface area (TPSA) is 84.9 Å². The third-order valence-electron chi connectivity index (χ3n) is 4.24. The Bertz CT molecular complexity index is 945. The SMILES string of the molecule is CCCc1cc(F)ccc1OCC(O)COc1ccc(/C=C2/SC(=O)NC2=O)cc1. The number of thioether (sulfide) groups is 1. The minimum atomic E-state index is -0.865. The standard InChI is InChI=1S/C22H22FNO5S/c1-2-3-15-11-16(23)6-9-19(15)29-13-17(25)12-28-18-7-4-14(5-8-18)10-20-21(26)24-22(27)30-20/h4-11,17,25H,2-3,12-13H2,1H3,(H,24,26,27)/b20-10+. The first-order chi connectivity index (χ1) is 14.4. The Morgan fingerprint density at radius 1 is 1.13 bits per heavy atom. The van der Waals surface area contributed by atoms with Gasteiger partial charge in [-0.1, -0.05) is 25.5 Å². The summed E-state index contributed by atoms with van der Waals surface area (Å²) in [5.41, 5.74) is 1.52. The highest BCUT2D eigenvalue weighted by Crippen LogP contribution is 2.26. The van der Waals surface area contributed by atoms with Gasteiger partial charge < -0.3 is 14.6 Å². The number of carbonyl (C=O) groups is 2. The number of aliphatic hydroxyl groups is 1. The highest BCUT2D eigenvalue weighted by Gasteiger charge is 2.24. The van der Waals surface area contributed by atoms with E-state index in [0.717, 1.165) is 29.3 Å². The molecule has 1 fully saturated rings. The highest BCUT2D eigenvalue weighted by molar-refractivity contribution is 8.18. The van der Waals surface area contributed by atoms with Gasteiger partial charge in [-0.2, -0.15) is 0 Å². The summed E-state index contributed by atoms with van der Waals surface area (Å²) >= 11 is 0.858. The fraction of sp³-hybridized carbons (Fsp3) is 0.273. The Labute approximate surface area is 178 Å². The Morgan fingerprint density at radius 2 is 1.87 bits per heavy atom. The molecule has 1 heterocycles. The molecule has 1 atom stereocenters. The summed E-state index contributed by atoms with van der Waals surface area (Å²) < 4.78 is 24.6. The minimum Gasteiger partial charge on any atom is -0.491 e. The predicted octanol–water partition coefficient (Wildman–Crippen LogP) is 3.92. The molecule has 0 aliphatic carbocycles. The van der Waals surface area contributed by atoms with Crippen molar-refractivity contribution in [2.45, 2.75) is 25.9 Å². The molecule has 1 saturated heterocycles. The van der Waals surface area contributed by atoms with Crippen molar-refractivity contribution in [1.82, 2.24) is 5.32 Å². The van der Waals surface area contributed by atoms with Crippen molar-refractivity contribution >= 4 is 29.0 Å². The van der Waals surface area contributed by atoms with E-state index in [4.69, 9.17) is 9.47 Å². The van der Waals surface area contributed by atoms with Gasteiger partial charge in [0.15, 0.2) is 0 Å². The molecule has 2 N–H and O–H groups in total. The van der Waals surface area contributed by atoms with Gasteiger partial charge >= 0.3 is 0 Å². The first kappa shape index (κ1) is 21.9. The van der Waals surface area contributed by atoms with Crippen LogP contribution in [0.25, 0.3) is 6.08 Å². The fourth-order valence-electron chi connectivity index (χ4n) is 2.81. The molecule has 0 bridgehead atoms. The first-order valence-corrected chi connectivity index (χ1v) is 10.3. The average molecular weight is 431 g/mol. The van der Waals surface area contributed by atoms with Crippen LogP contribution in [0.5, 0.6) is 11.5 Å². The summed E-state index contributed by atoms with van der Waals surface area (Å²) in [5.74, 6) is 0.385. The molecule has 1 aliphatic rings. The lowest BCUT2D eigenvalue weighted by Gasteiger charge is -2.16. The molecule has 2 aromatic carbocycles. The molecular weight excluding hydrogens is 409 g/mol. The molecule has 30 heavy (non-hydrogen) atoms. The number of hydrogen-bond acceptors (Lipinski definition) is 6. The summed E-state index contributed by atoms with van der Waals surface area (Å²) in [6.45, 7) is 2.05. The van der Waals surface area contributed by atoms with Crippen molar-refractivity contribution in [2.24, 2.45) is 0 Å². The summed E-state index contributed by atoms with van der Waals surface area (Å²) in [6.07, 6.45) is 2.30. The van der Waals surface area contributed by atoms with Crippen molar-refractivity contribution in [3.8, 4) is 11.5 Å². The lowest BCUT2D eigenvalue weighted by atomic mass is 10.1. The molecule has 0 saturated carbocycles. The lowest BCUT2D eigenvalue weighted by Crippen LogP contribution is -2.25. The van der Waals surface area contributed by atoms with Gasteiger partial charge in [0.2, 0.25) is 0 Å². The zero-order valence-corrected chi connectivity index (χ0v) is 17.2. The second kappa shape index (κ2) is 10.3. The number of aliphatic hydroxyl groups excluding tert-OH is 1. The maximum absolute atomic E-state index is 13.4. The van der Waals surface area contributed by atoms with Gasteiger partial charge in [-0.05, 0) is 65.7 Å². The van der Waals surface area contributed by atoms with E-state index in [-0.39, 0.29) is 24.3 Å². The van der Waals surface area contributed by atoms with E-state index in [2.05, 4.69) is 5.32 Å². The van der Waals surface area contributed by atoms with Crippen LogP contribution in [0.3, 0.4) is 0 Å². The predicted molar refractivity (Wildman–Crippen MR) is 113 cm³/mol. The number of nitrogens with one attached hydrogen (secondary N) is 1. The number of amides is 2. The van der Waals surface area contributed by atoms with Gasteiger partial charge in [0, 0.05) is 0 Å². The van der Waals surface area contributed by atoms with Crippen molar-refractivity contribution < 1.29 is 28.6 Å². The van der Waals surface area contributed by atoms with Crippen LogP contribution in [0.15, 0.2) is 47.4 Å². The van der Waals surface area contributed by atoms with Crippen LogP contribution in [0.1, 0.15) is 24.5 Å². The van der Waals surface area contributed by atoms with Crippen molar-refractivity contribution in [3.63, 3.8) is 0 Å². The Balaban J connectivity index is 1.49. The van der Waals surface area contributed by atoms with E-state index >= 15 is 0 Å². The van der Waals surface area contributed by atoms with Crippen molar-refractivity contribution in [2.75, 3.05) is 13.2 Å². The molecule has 2 amide bonds. The van der Waals surface area contributed by atoms with Gasteiger partial charge in [-0.25, -0.2) is 4.39 Å². The van der Waals surface area contributed by atoms with Crippen LogP contribution in [-0.4, -0.2) is 35.6 Å². The van der Waals surface area contributed by atoms with E-state index in [1.54, 1.807) is 36.4 Å². The maximum atomic E-state index is 13.4. The number of rotatable bonds is 9. The van der Waals surface area contributed by atoms with Crippen LogP contribution in [0.4, 0.5) is 9.18 Å². The monoisotopic (exact) mass is 431 g/mol. The quantitative estimate of drug-likeness (QED) is 0.586. The number of halogens is 1. The molecule has 158 valence electrons. The first-order valence-electron chi connectivity index (χ1n) is 9.51. The molecule has 0 spiro atoms. The number of hydrogen-bond donors (Lipinski definition) is 2. The molecular formula is C22H22FNO5S. The molecule has 2 aromatic rings. The second-order valence-electron chi connectivity index (χ2n) is 6.70. The third-order valence-corrected chi connectivity index (χ3v) is 5.05. The van der Waals surface area contributed by atoms with E-state index in [0.29, 0.717) is 22.8 Å². The van der Waals surface area contributed by atoms with E-state index in [9.17, 15) is 19.1 Å². The molecule has 8 heteroatoms. The summed E-state index contributed by atoms with van der Waals surface area (Å²) in [6, 6.07) is 11.3. The van der Waals surface area contributed by atoms with E-state index in [1.165, 1.54) is 12.1 Å². The van der Waals surface area contributed by atoms with Crippen LogP contribution in [0, 0.1) is 5.82 Å². The smallest absolute Gasteiger partial charge is 0.290 e. The van der Waals surface area contributed by atoms with Crippen LogP contribution < -0.4 is 14.8 Å². The molecule has 0 radical (unpaired) electrons. The zero-order valence-electron chi connectivity index (χ0n) is 16.4. The number of imide groups is 1. The number of carbonyl (C=O) groups excluding carboxylic acids is 2. The van der Waals surface area contributed by atoms with Gasteiger partial charge in [-0.15, -0.1) is 0 Å². The Kier molecular flexibility index (Phi) is 7.48. The number of benzene rings is 2. The summed E-state index contributed by atoms with van der Waals surface area (Å²) in [5, 5.41) is 12.0. The maximum Gasteiger partial charge on any atom is 0.290 e. The van der Waals surface area contributed by atoms with Gasteiger partial charge in [0.1, 0.15) is 36.6 Å². The van der Waals surface area contributed by atoms with Crippen molar-refractivity contribution in [1.29, 1.82) is 0 Å². The highest BCUT2D eigenvalue weighted by atomic mass is 32.2. The van der Waals surface area contributed by atoms with E-state index < -0.39 is 12.0 Å². The fourth-order valence-corrected chi connectivity index (χ4v) is 3.49. The molecule has 0 aromatic heterocycles. The van der Waals surface area contributed by atoms with E-state index in [1.807, 2.05) is 6.92 Å². The summed E-state index contributed by atoms with van der Waals surface area (Å²) in [7, 11) is 0. The lowest BCUT2D eigenvalue weighted by molar-refractivity contribution is -0.115. The van der Waals surface area contributed by atoms with Gasteiger partial charge in [-0.3, -0.25) is 14.9 Å². The average Bonchev–Trinajstić information content (AvgIpc) is 3.03. The van der Waals surface area contributed by atoms with Crippen LogP contribution in [0.2, 0.25) is 0 Å². The Hall–Kier alpha value is -2.84. The zero-order chi connectivity index (χ0) is 21.5. The van der Waals surface area contributed by atoms with Gasteiger partial charge in [0.05, 0.1) is 4.91 Å². The second-order valence-corrected chi connectivity index (χ2v) is 7.71. The van der Waals surface area contributed by atoms with Crippen LogP contribution in [-0.2, 0) is 11.2 Å². The Morgan fingerprint density at radius 3 is 2.53 bits per heavy atom. The number of aryl methyl sites for hydroxylation is 1. The third kappa shape index (κ3) is 6.08. The minimum absolute atomic E-state index is 0.0207. The molecule has 1 unspecified atom stereocenters. The van der Waals surface area contributed by atoms with Crippen molar-refractivity contribution in [3.05, 3.63) is 64.3 Å². The molecule has 6 nitrogen and oxygen atoms in total. The molecule has 3 rings (SSSR count). The van der Waals surface area contributed by atoms with Gasteiger partial charge in [0.25, 0.3) is 11.1 Å². The number of ether oxygens (including phenoxy) is 2. The summed E-state index contributed by atoms with van der Waals surface area (Å²) in [4.78, 5) is 23.1. The molecule has 1 aliphatic heterocycles. The normalized spacial score (nSPS) is 15.9. The van der Waals surface area contributed by atoms with Crippen LogP contribution >= 0.6 is 11.8 Å².